The van der Waals surface area contributed by atoms with Crippen molar-refractivity contribution in [2.45, 2.75) is 81.7 Å². The number of fused-ring (bicyclic) bond motifs is 1. The Balaban J connectivity index is 1.32. The van der Waals surface area contributed by atoms with Gasteiger partial charge in [0.25, 0.3) is 0 Å². The van der Waals surface area contributed by atoms with Crippen molar-refractivity contribution < 1.29 is 61.4 Å². The highest BCUT2D eigenvalue weighted by molar-refractivity contribution is 5.98. The zero-order valence-electron chi connectivity index (χ0n) is 26.8. The first-order chi connectivity index (χ1) is 23.0. The van der Waals surface area contributed by atoms with Gasteiger partial charge in [0.1, 0.15) is 23.0 Å². The number of unbranched alkanes of at least 4 members (excludes halogenated alkanes) is 1. The highest BCUT2D eigenvalue weighted by Gasteiger charge is 2.57. The van der Waals surface area contributed by atoms with Crippen LogP contribution in [0.4, 0.5) is 22.0 Å². The molecule has 2 atom stereocenters. The number of aryl methyl sites for hydroxylation is 1. The zero-order valence-corrected chi connectivity index (χ0v) is 26.8. The molecule has 1 heterocycles. The van der Waals surface area contributed by atoms with Gasteiger partial charge in [-0.3, -0.25) is 9.59 Å². The fraction of sp³-hybridized carbons (Fsp3) is 0.444. The number of ether oxygens (including phenoxy) is 2. The van der Waals surface area contributed by atoms with Crippen LogP contribution in [0.2, 0.25) is 0 Å². The van der Waals surface area contributed by atoms with Crippen LogP contribution in [-0.2, 0) is 21.4 Å². The molecule has 0 radical (unpaired) electrons. The minimum Gasteiger partial charge on any atom is -0.508 e. The van der Waals surface area contributed by atoms with Crippen LogP contribution in [0.3, 0.4) is 0 Å². The van der Waals surface area contributed by atoms with Gasteiger partial charge in [0, 0.05) is 30.2 Å². The topological polar surface area (TPSA) is 134 Å². The molecule has 4 N–H and O–H groups in total. The number of halogens is 5. The molecule has 2 unspecified atom stereocenters. The summed E-state index contributed by atoms with van der Waals surface area (Å²) in [7, 11) is 0. The molecule has 8 nitrogen and oxygen atoms in total. The molecule has 1 aliphatic rings. The second-order valence-corrected chi connectivity index (χ2v) is 12.8. The van der Waals surface area contributed by atoms with Gasteiger partial charge in [-0.1, -0.05) is 43.7 Å². The number of rotatable bonds is 16. The summed E-state index contributed by atoms with van der Waals surface area (Å²) in [4.78, 5) is 23.7. The summed E-state index contributed by atoms with van der Waals surface area (Å²) >= 11 is 0. The first-order valence-electron chi connectivity index (χ1n) is 15.9. The maximum atomic E-state index is 13.3. The van der Waals surface area contributed by atoms with Gasteiger partial charge < -0.3 is 29.9 Å². The van der Waals surface area contributed by atoms with E-state index in [1.807, 2.05) is 30.3 Å². The third-order valence-electron chi connectivity index (χ3n) is 9.45. The lowest BCUT2D eigenvalue weighted by Crippen LogP contribution is -2.42. The molecule has 266 valence electrons. The summed E-state index contributed by atoms with van der Waals surface area (Å²) in [6.45, 7) is 2.11. The van der Waals surface area contributed by atoms with Crippen LogP contribution in [0.25, 0.3) is 0 Å². The van der Waals surface area contributed by atoms with E-state index < -0.39 is 61.7 Å². The molecule has 0 spiro atoms. The number of carboxylic acids is 2. The third-order valence-corrected chi connectivity index (χ3v) is 9.45. The molecule has 49 heavy (non-hydrogen) atoms. The molecular formula is C36H39F5O8. The standard InChI is InChI=1S/C36H39F5O8/c1-33(24-9-11-25(42)12-10-24)22-49-30-21-26(43)13-16-28(30)29(33)6-3-2-5-23-7-14-27(15-8-23)48-20-19-34(31(44)45,32(46)47)17-4-18-35(37,38)36(39,40)41/h7-16,21,29,42-43H,2-6,17-20,22H2,1H3,(H,44,45)(H,46,47). The van der Waals surface area contributed by atoms with Gasteiger partial charge >= 0.3 is 24.0 Å². The Kier molecular flexibility index (Phi) is 11.3. The first kappa shape index (κ1) is 37.3. The van der Waals surface area contributed by atoms with E-state index >= 15 is 0 Å². The largest absolute Gasteiger partial charge is 0.508 e. The minimum absolute atomic E-state index is 0.0713. The number of carboxylic acid groups (broad SMARTS) is 2. The van der Waals surface area contributed by atoms with E-state index in [0.29, 0.717) is 18.1 Å². The van der Waals surface area contributed by atoms with Crippen molar-refractivity contribution in [3.63, 3.8) is 0 Å². The Labute approximate surface area is 280 Å². The molecule has 3 aromatic carbocycles. The minimum atomic E-state index is -5.82. The molecule has 0 aromatic heterocycles. The third kappa shape index (κ3) is 8.55. The summed E-state index contributed by atoms with van der Waals surface area (Å²) in [5.41, 5.74) is 0.0309. The van der Waals surface area contributed by atoms with Crippen LogP contribution < -0.4 is 9.47 Å². The average Bonchev–Trinajstić information content (AvgIpc) is 3.03. The Bertz CT molecular complexity index is 1580. The van der Waals surface area contributed by atoms with Crippen molar-refractivity contribution in [3.05, 3.63) is 83.4 Å². The second kappa shape index (κ2) is 14.9. The van der Waals surface area contributed by atoms with Crippen LogP contribution in [-0.4, -0.2) is 57.7 Å². The molecule has 4 rings (SSSR count). The average molecular weight is 695 g/mol. The number of aliphatic carboxylic acids is 2. The summed E-state index contributed by atoms with van der Waals surface area (Å²) < 4.78 is 75.7. The summed E-state index contributed by atoms with van der Waals surface area (Å²) in [6, 6.07) is 19.1. The zero-order chi connectivity index (χ0) is 36.0. The Morgan fingerprint density at radius 1 is 0.837 bits per heavy atom. The van der Waals surface area contributed by atoms with E-state index in [0.717, 1.165) is 42.4 Å². The number of benzene rings is 3. The maximum absolute atomic E-state index is 13.3. The number of phenolic OH excluding ortho intramolecular Hbond substituents is 2. The lowest BCUT2D eigenvalue weighted by atomic mass is 9.66. The van der Waals surface area contributed by atoms with E-state index in [4.69, 9.17) is 9.47 Å². The van der Waals surface area contributed by atoms with Gasteiger partial charge in [0.15, 0.2) is 5.41 Å². The van der Waals surface area contributed by atoms with E-state index in [-0.39, 0.29) is 22.8 Å². The maximum Gasteiger partial charge on any atom is 0.453 e. The summed E-state index contributed by atoms with van der Waals surface area (Å²) in [6.07, 6.45) is -6.85. The van der Waals surface area contributed by atoms with Crippen LogP contribution in [0.1, 0.15) is 74.5 Å². The van der Waals surface area contributed by atoms with Crippen molar-refractivity contribution in [1.29, 1.82) is 0 Å². The van der Waals surface area contributed by atoms with Gasteiger partial charge in [0.05, 0.1) is 13.2 Å². The fourth-order valence-corrected chi connectivity index (χ4v) is 6.38. The Hall–Kier alpha value is -4.55. The molecule has 0 saturated heterocycles. The van der Waals surface area contributed by atoms with Crippen molar-refractivity contribution >= 4 is 11.9 Å². The van der Waals surface area contributed by atoms with Gasteiger partial charge in [-0.05, 0) is 79.1 Å². The molecule has 13 heteroatoms. The normalized spacial score (nSPS) is 18.0. The molecule has 0 bridgehead atoms. The molecule has 0 aliphatic carbocycles. The van der Waals surface area contributed by atoms with Crippen molar-refractivity contribution in [2.75, 3.05) is 13.2 Å². The molecule has 0 fully saturated rings. The van der Waals surface area contributed by atoms with Gasteiger partial charge in [-0.25, -0.2) is 0 Å². The van der Waals surface area contributed by atoms with Gasteiger partial charge in [-0.15, -0.1) is 0 Å². The number of aromatic hydroxyl groups is 2. The van der Waals surface area contributed by atoms with Crippen LogP contribution >= 0.6 is 0 Å². The van der Waals surface area contributed by atoms with Crippen LogP contribution in [0.15, 0.2) is 66.7 Å². The molecule has 0 saturated carbocycles. The molecule has 3 aromatic rings. The van der Waals surface area contributed by atoms with E-state index in [2.05, 4.69) is 6.92 Å². The summed E-state index contributed by atoms with van der Waals surface area (Å²) in [5.74, 6) is -7.45. The summed E-state index contributed by atoms with van der Waals surface area (Å²) in [5, 5.41) is 39.0. The first-order valence-corrected chi connectivity index (χ1v) is 15.9. The van der Waals surface area contributed by atoms with Crippen molar-refractivity contribution in [2.24, 2.45) is 5.41 Å². The van der Waals surface area contributed by atoms with E-state index in [1.165, 1.54) is 0 Å². The second-order valence-electron chi connectivity index (χ2n) is 12.8. The van der Waals surface area contributed by atoms with Crippen LogP contribution in [0.5, 0.6) is 23.0 Å². The van der Waals surface area contributed by atoms with Crippen molar-refractivity contribution in [3.8, 4) is 23.0 Å². The fourth-order valence-electron chi connectivity index (χ4n) is 6.38. The monoisotopic (exact) mass is 694 g/mol. The van der Waals surface area contributed by atoms with Gasteiger partial charge in [0.2, 0.25) is 0 Å². The molecule has 0 amide bonds. The highest BCUT2D eigenvalue weighted by Crippen LogP contribution is 2.50. The molecule has 1 aliphatic heterocycles. The number of alkyl halides is 5. The van der Waals surface area contributed by atoms with Crippen molar-refractivity contribution in [1.82, 2.24) is 0 Å². The Morgan fingerprint density at radius 2 is 1.47 bits per heavy atom. The highest BCUT2D eigenvalue weighted by atomic mass is 19.4. The SMILES string of the molecule is CC1(c2ccc(O)cc2)COc2cc(O)ccc2C1CCCCc1ccc(OCCC(CCCC(F)(F)C(F)(F)F)(C(=O)O)C(=O)O)cc1. The number of phenols is 2. The Morgan fingerprint density at radius 3 is 2.08 bits per heavy atom. The number of carbonyl (C=O) groups is 2. The van der Waals surface area contributed by atoms with E-state index in [9.17, 15) is 52.0 Å². The smallest absolute Gasteiger partial charge is 0.453 e. The van der Waals surface area contributed by atoms with Gasteiger partial charge in [-0.2, -0.15) is 22.0 Å². The quantitative estimate of drug-likeness (QED) is 0.0670. The molecular weight excluding hydrogens is 655 g/mol. The van der Waals surface area contributed by atoms with Crippen LogP contribution in [0, 0.1) is 5.41 Å². The predicted octanol–water partition coefficient (Wildman–Crippen LogP) is 8.24. The predicted molar refractivity (Wildman–Crippen MR) is 168 cm³/mol. The lowest BCUT2D eigenvalue weighted by Gasteiger charge is -2.43. The number of hydrogen-bond acceptors (Lipinski definition) is 6. The van der Waals surface area contributed by atoms with E-state index in [1.54, 1.807) is 36.4 Å². The number of hydrogen-bond donors (Lipinski definition) is 4. The lowest BCUT2D eigenvalue weighted by molar-refractivity contribution is -0.284.